The normalized spacial score (nSPS) is 11.1. The van der Waals surface area contributed by atoms with Crippen molar-refractivity contribution in [3.05, 3.63) is 41.8 Å². The van der Waals surface area contributed by atoms with Crippen LogP contribution >= 0.6 is 11.6 Å². The molecule has 120 valence electrons. The molecule has 2 heterocycles. The van der Waals surface area contributed by atoms with Crippen LogP contribution in [0, 0.1) is 0 Å². The predicted molar refractivity (Wildman–Crippen MR) is 88.1 cm³/mol. The highest BCUT2D eigenvalue weighted by Crippen LogP contribution is 2.25. The summed E-state index contributed by atoms with van der Waals surface area (Å²) >= 11 is 6.04. The third kappa shape index (κ3) is 3.12. The Kier molecular flexibility index (Phi) is 4.71. The summed E-state index contributed by atoms with van der Waals surface area (Å²) in [6, 6.07) is 7.33. The summed E-state index contributed by atoms with van der Waals surface area (Å²) in [5.74, 6) is 0.631. The standard InChI is InChI=1S/C15H16ClN5O2/c16-11-2-1-3-12(8-11)21-15-13(9-19-21)14(17-10-18-15)20(4-6-22)5-7-23/h1-3,8-10,22-23H,4-7H2. The Balaban J connectivity index is 2.10. The largest absolute Gasteiger partial charge is 0.395 e. The zero-order valence-electron chi connectivity index (χ0n) is 12.3. The van der Waals surface area contributed by atoms with Crippen LogP contribution in [0.5, 0.6) is 0 Å². The number of aromatic nitrogens is 4. The van der Waals surface area contributed by atoms with Crippen molar-refractivity contribution in [2.45, 2.75) is 0 Å². The van der Waals surface area contributed by atoms with Gasteiger partial charge in [-0.1, -0.05) is 17.7 Å². The number of hydrogen-bond donors (Lipinski definition) is 2. The summed E-state index contributed by atoms with van der Waals surface area (Å²) in [5.41, 5.74) is 1.44. The highest BCUT2D eigenvalue weighted by molar-refractivity contribution is 6.30. The Labute approximate surface area is 137 Å². The van der Waals surface area contributed by atoms with E-state index in [9.17, 15) is 10.2 Å². The number of fused-ring (bicyclic) bond motifs is 1. The SMILES string of the molecule is OCCN(CCO)c1ncnc2c1cnn2-c1cccc(Cl)c1. The van der Waals surface area contributed by atoms with Gasteiger partial charge in [0.05, 0.1) is 30.5 Å². The van der Waals surface area contributed by atoms with Crippen LogP contribution < -0.4 is 4.90 Å². The van der Waals surface area contributed by atoms with Crippen LogP contribution in [0.4, 0.5) is 5.82 Å². The average Bonchev–Trinajstić information content (AvgIpc) is 2.99. The molecule has 0 aliphatic rings. The minimum absolute atomic E-state index is 0.0338. The second kappa shape index (κ2) is 6.91. The molecule has 0 bridgehead atoms. The van der Waals surface area contributed by atoms with Gasteiger partial charge in [-0.15, -0.1) is 0 Å². The molecule has 0 amide bonds. The Hall–Kier alpha value is -2.22. The number of aliphatic hydroxyl groups excluding tert-OH is 2. The van der Waals surface area contributed by atoms with E-state index in [1.807, 2.05) is 12.1 Å². The Morgan fingerprint density at radius 2 is 1.91 bits per heavy atom. The number of halogens is 1. The predicted octanol–water partition coefficient (Wildman–Crippen LogP) is 1.26. The zero-order chi connectivity index (χ0) is 16.2. The van der Waals surface area contributed by atoms with Crippen LogP contribution in [-0.2, 0) is 0 Å². The van der Waals surface area contributed by atoms with E-state index in [4.69, 9.17) is 11.6 Å². The summed E-state index contributed by atoms with van der Waals surface area (Å²) in [7, 11) is 0. The number of nitrogens with zero attached hydrogens (tertiary/aromatic N) is 5. The van der Waals surface area contributed by atoms with Gasteiger partial charge in [0.1, 0.15) is 12.1 Å². The molecule has 0 unspecified atom stereocenters. The van der Waals surface area contributed by atoms with Crippen molar-refractivity contribution in [1.29, 1.82) is 0 Å². The van der Waals surface area contributed by atoms with Gasteiger partial charge in [-0.2, -0.15) is 5.10 Å². The lowest BCUT2D eigenvalue weighted by atomic mass is 10.3. The van der Waals surface area contributed by atoms with E-state index in [-0.39, 0.29) is 13.2 Å². The van der Waals surface area contributed by atoms with Gasteiger partial charge in [-0.3, -0.25) is 0 Å². The third-order valence-electron chi connectivity index (χ3n) is 3.44. The van der Waals surface area contributed by atoms with Crippen LogP contribution in [0.15, 0.2) is 36.8 Å². The van der Waals surface area contributed by atoms with Crippen molar-refractivity contribution >= 4 is 28.5 Å². The molecule has 0 saturated heterocycles. The molecule has 7 nitrogen and oxygen atoms in total. The van der Waals surface area contributed by atoms with Crippen LogP contribution in [0.1, 0.15) is 0 Å². The molecule has 0 radical (unpaired) electrons. The fraction of sp³-hybridized carbons (Fsp3) is 0.267. The summed E-state index contributed by atoms with van der Waals surface area (Å²) in [5, 5.41) is 24.1. The second-order valence-corrected chi connectivity index (χ2v) is 5.34. The summed E-state index contributed by atoms with van der Waals surface area (Å²) < 4.78 is 1.68. The van der Waals surface area contributed by atoms with Crippen molar-refractivity contribution in [3.63, 3.8) is 0 Å². The topological polar surface area (TPSA) is 87.3 Å². The third-order valence-corrected chi connectivity index (χ3v) is 3.67. The van der Waals surface area contributed by atoms with E-state index in [1.165, 1.54) is 6.33 Å². The summed E-state index contributed by atoms with van der Waals surface area (Å²) in [6.45, 7) is 0.673. The van der Waals surface area contributed by atoms with Crippen LogP contribution in [0.3, 0.4) is 0 Å². The zero-order valence-corrected chi connectivity index (χ0v) is 13.1. The first kappa shape index (κ1) is 15.7. The van der Waals surface area contributed by atoms with Crippen molar-refractivity contribution < 1.29 is 10.2 Å². The molecule has 8 heteroatoms. The molecule has 0 aliphatic heterocycles. The maximum absolute atomic E-state index is 9.21. The van der Waals surface area contributed by atoms with Gasteiger partial charge in [-0.05, 0) is 18.2 Å². The van der Waals surface area contributed by atoms with E-state index < -0.39 is 0 Å². The molecule has 2 N–H and O–H groups in total. The molecule has 3 rings (SSSR count). The number of anilines is 1. The Morgan fingerprint density at radius 3 is 2.61 bits per heavy atom. The maximum Gasteiger partial charge on any atom is 0.168 e. The number of hydrogen-bond acceptors (Lipinski definition) is 6. The first-order chi connectivity index (χ1) is 11.2. The fourth-order valence-electron chi connectivity index (χ4n) is 2.45. The maximum atomic E-state index is 9.21. The second-order valence-electron chi connectivity index (χ2n) is 4.91. The molecular weight excluding hydrogens is 318 g/mol. The molecule has 3 aromatic rings. The first-order valence-electron chi connectivity index (χ1n) is 7.16. The highest BCUT2D eigenvalue weighted by atomic mass is 35.5. The monoisotopic (exact) mass is 333 g/mol. The average molecular weight is 334 g/mol. The molecule has 0 aliphatic carbocycles. The van der Waals surface area contributed by atoms with Crippen molar-refractivity contribution in [3.8, 4) is 5.69 Å². The Morgan fingerprint density at radius 1 is 1.13 bits per heavy atom. The minimum atomic E-state index is -0.0338. The van der Waals surface area contributed by atoms with Crippen molar-refractivity contribution in [1.82, 2.24) is 19.7 Å². The van der Waals surface area contributed by atoms with E-state index in [1.54, 1.807) is 27.9 Å². The lowest BCUT2D eigenvalue weighted by Gasteiger charge is -2.21. The fourth-order valence-corrected chi connectivity index (χ4v) is 2.63. The quantitative estimate of drug-likeness (QED) is 0.706. The van der Waals surface area contributed by atoms with Gasteiger partial charge in [-0.25, -0.2) is 14.6 Å². The van der Waals surface area contributed by atoms with Gasteiger partial charge in [0.2, 0.25) is 0 Å². The molecule has 0 fully saturated rings. The van der Waals surface area contributed by atoms with Crippen LogP contribution in [0.25, 0.3) is 16.7 Å². The smallest absolute Gasteiger partial charge is 0.168 e. The van der Waals surface area contributed by atoms with E-state index in [0.29, 0.717) is 29.6 Å². The molecule has 0 spiro atoms. The molecule has 0 atom stereocenters. The number of rotatable bonds is 6. The van der Waals surface area contributed by atoms with Crippen LogP contribution in [0.2, 0.25) is 5.02 Å². The van der Waals surface area contributed by atoms with E-state index in [2.05, 4.69) is 15.1 Å². The Bertz CT molecular complexity index is 801. The molecule has 1 aromatic carbocycles. The molecular formula is C15H16ClN5O2. The minimum Gasteiger partial charge on any atom is -0.395 e. The van der Waals surface area contributed by atoms with Gasteiger partial charge in [0, 0.05) is 18.1 Å². The van der Waals surface area contributed by atoms with Gasteiger partial charge in [0.15, 0.2) is 5.65 Å². The first-order valence-corrected chi connectivity index (χ1v) is 7.53. The van der Waals surface area contributed by atoms with Crippen molar-refractivity contribution in [2.75, 3.05) is 31.2 Å². The lowest BCUT2D eigenvalue weighted by molar-refractivity contribution is 0.281. The number of benzene rings is 1. The van der Waals surface area contributed by atoms with E-state index >= 15 is 0 Å². The van der Waals surface area contributed by atoms with Crippen LogP contribution in [-0.4, -0.2) is 56.3 Å². The molecule has 2 aromatic heterocycles. The van der Waals surface area contributed by atoms with Crippen molar-refractivity contribution in [2.24, 2.45) is 0 Å². The van der Waals surface area contributed by atoms with Gasteiger partial charge < -0.3 is 15.1 Å². The summed E-state index contributed by atoms with van der Waals surface area (Å²) in [6.07, 6.45) is 3.12. The van der Waals surface area contributed by atoms with E-state index in [0.717, 1.165) is 11.1 Å². The molecule has 23 heavy (non-hydrogen) atoms. The molecule has 0 saturated carbocycles. The lowest BCUT2D eigenvalue weighted by Crippen LogP contribution is -2.30. The number of aliphatic hydroxyl groups is 2. The van der Waals surface area contributed by atoms with Gasteiger partial charge >= 0.3 is 0 Å². The summed E-state index contributed by atoms with van der Waals surface area (Å²) in [4.78, 5) is 10.4. The highest BCUT2D eigenvalue weighted by Gasteiger charge is 2.16. The van der Waals surface area contributed by atoms with Gasteiger partial charge in [0.25, 0.3) is 0 Å².